The molecule has 1 rings (SSSR count). The third kappa shape index (κ3) is 3.38. The molecule has 0 N–H and O–H groups in total. The monoisotopic (exact) mass is 198 g/mol. The van der Waals surface area contributed by atoms with E-state index in [1.54, 1.807) is 0 Å². The number of hydrogen-bond donors (Lipinski definition) is 0. The van der Waals surface area contributed by atoms with Crippen molar-refractivity contribution >= 4 is 7.92 Å². The van der Waals surface area contributed by atoms with Gasteiger partial charge in [0.25, 0.3) is 0 Å². The minimum absolute atomic E-state index is 0.140. The number of hydrogen-bond acceptors (Lipinski definition) is 4. The Morgan fingerprint density at radius 3 is 3.23 bits per heavy atom. The summed E-state index contributed by atoms with van der Waals surface area (Å²) in [7, 11) is -0.293. The molecule has 0 aromatic carbocycles. The number of rotatable bonds is 3. The van der Waals surface area contributed by atoms with Gasteiger partial charge in [-0.1, -0.05) is 0 Å². The predicted octanol–water partition coefficient (Wildman–Crippen LogP) is 0.468. The maximum atomic E-state index is 11.1. The molecule has 1 aromatic rings. The summed E-state index contributed by atoms with van der Waals surface area (Å²) in [6.45, 7) is 0.621. The SMILES string of the molecule is O=P#COCCn1cnccc1=O. The van der Waals surface area contributed by atoms with Gasteiger partial charge < -0.3 is 0 Å². The first-order valence-corrected chi connectivity index (χ1v) is 4.35. The molecular weight excluding hydrogens is 191 g/mol. The van der Waals surface area contributed by atoms with Gasteiger partial charge in [-0.25, -0.2) is 0 Å². The van der Waals surface area contributed by atoms with Gasteiger partial charge in [-0.15, -0.1) is 0 Å². The van der Waals surface area contributed by atoms with Crippen molar-refractivity contribution in [3.05, 3.63) is 28.9 Å². The summed E-state index contributed by atoms with van der Waals surface area (Å²) in [4.78, 5) is 14.8. The Morgan fingerprint density at radius 1 is 1.69 bits per heavy atom. The molecule has 1 heterocycles. The van der Waals surface area contributed by atoms with Gasteiger partial charge in [-0.3, -0.25) is 0 Å². The van der Waals surface area contributed by atoms with Crippen molar-refractivity contribution in [3.63, 3.8) is 0 Å². The van der Waals surface area contributed by atoms with E-state index in [2.05, 4.69) is 15.5 Å². The molecule has 1 aromatic heterocycles. The molecule has 6 heteroatoms. The average molecular weight is 198 g/mol. The van der Waals surface area contributed by atoms with Crippen molar-refractivity contribution < 1.29 is 9.30 Å². The topological polar surface area (TPSA) is 61.2 Å². The molecule has 0 aliphatic carbocycles. The van der Waals surface area contributed by atoms with Crippen LogP contribution in [0.4, 0.5) is 0 Å². The van der Waals surface area contributed by atoms with Gasteiger partial charge in [-0.2, -0.15) is 0 Å². The van der Waals surface area contributed by atoms with Crippen LogP contribution in [0.5, 0.6) is 0 Å². The van der Waals surface area contributed by atoms with E-state index in [1.165, 1.54) is 23.2 Å². The van der Waals surface area contributed by atoms with Crippen LogP contribution in [0.15, 0.2) is 23.4 Å². The van der Waals surface area contributed by atoms with E-state index < -0.39 is 0 Å². The van der Waals surface area contributed by atoms with Gasteiger partial charge in [0.2, 0.25) is 0 Å². The molecule has 0 unspecified atom stereocenters. The van der Waals surface area contributed by atoms with Gasteiger partial charge >= 0.3 is 74.7 Å². The van der Waals surface area contributed by atoms with Crippen LogP contribution in [0.3, 0.4) is 0 Å². The van der Waals surface area contributed by atoms with Crippen molar-refractivity contribution in [2.75, 3.05) is 6.61 Å². The third-order valence-corrected chi connectivity index (χ3v) is 1.53. The zero-order valence-corrected chi connectivity index (χ0v) is 7.61. The summed E-state index contributed by atoms with van der Waals surface area (Å²) in [5.74, 6) is 2.12. The van der Waals surface area contributed by atoms with Gasteiger partial charge in [0.05, 0.1) is 0 Å². The molecule has 0 saturated heterocycles. The first-order chi connectivity index (χ1) is 6.34. The van der Waals surface area contributed by atoms with Gasteiger partial charge in [0, 0.05) is 0 Å². The number of aromatic nitrogens is 2. The Kier molecular flexibility index (Phi) is 4.19. The van der Waals surface area contributed by atoms with Gasteiger partial charge in [0.15, 0.2) is 0 Å². The number of ether oxygens (including phenoxy) is 1. The molecule has 68 valence electrons. The zero-order chi connectivity index (χ0) is 9.52. The molecule has 0 atom stereocenters. The Bertz CT molecular complexity index is 422. The summed E-state index contributed by atoms with van der Waals surface area (Å²) in [6, 6.07) is 1.36. The summed E-state index contributed by atoms with van der Waals surface area (Å²) >= 11 is 0. The molecule has 0 bridgehead atoms. The maximum absolute atomic E-state index is 11.1. The van der Waals surface area contributed by atoms with E-state index >= 15 is 0 Å². The first kappa shape index (κ1) is 9.93. The van der Waals surface area contributed by atoms with Crippen LogP contribution >= 0.6 is 7.92 Å². The van der Waals surface area contributed by atoms with Crippen LogP contribution in [0.2, 0.25) is 0 Å². The fraction of sp³-hybridized carbons (Fsp3) is 0.286. The van der Waals surface area contributed by atoms with Crippen LogP contribution in [-0.2, 0) is 15.8 Å². The summed E-state index contributed by atoms with van der Waals surface area (Å²) in [5, 5.41) is 0. The number of nitrogens with zero attached hydrogens (tertiary/aromatic N) is 2. The van der Waals surface area contributed by atoms with Crippen molar-refractivity contribution in [3.8, 4) is 5.81 Å². The van der Waals surface area contributed by atoms with E-state index in [0.29, 0.717) is 6.54 Å². The van der Waals surface area contributed by atoms with Crippen LogP contribution in [0.1, 0.15) is 0 Å². The van der Waals surface area contributed by atoms with E-state index in [-0.39, 0.29) is 20.1 Å². The van der Waals surface area contributed by atoms with Gasteiger partial charge in [-0.05, 0) is 0 Å². The van der Waals surface area contributed by atoms with E-state index in [0.717, 1.165) is 0 Å². The summed E-state index contributed by atoms with van der Waals surface area (Å²) in [6.07, 6.45) is 2.84. The van der Waals surface area contributed by atoms with Crippen LogP contribution < -0.4 is 5.56 Å². The second kappa shape index (κ2) is 5.49. The van der Waals surface area contributed by atoms with E-state index in [9.17, 15) is 9.36 Å². The molecule has 0 spiro atoms. The third-order valence-electron chi connectivity index (χ3n) is 1.33. The second-order valence-corrected chi connectivity index (χ2v) is 2.51. The average Bonchev–Trinajstić information content (AvgIpc) is 2.15. The first-order valence-electron chi connectivity index (χ1n) is 3.54. The second-order valence-electron chi connectivity index (χ2n) is 2.14. The molecule has 0 radical (unpaired) electrons. The fourth-order valence-electron chi connectivity index (χ4n) is 0.762. The van der Waals surface area contributed by atoms with Crippen molar-refractivity contribution in [2.45, 2.75) is 6.54 Å². The molecule has 0 amide bonds. The summed E-state index contributed by atoms with van der Waals surface area (Å²) in [5.41, 5.74) is -0.140. The molecule has 13 heavy (non-hydrogen) atoms. The fourth-order valence-corrected chi connectivity index (χ4v) is 0.906. The molecule has 0 aliphatic rings. The Hall–Kier alpha value is -1.15. The zero-order valence-electron chi connectivity index (χ0n) is 6.71. The van der Waals surface area contributed by atoms with Crippen molar-refractivity contribution in [1.29, 1.82) is 0 Å². The van der Waals surface area contributed by atoms with Crippen LogP contribution in [0.25, 0.3) is 0 Å². The van der Waals surface area contributed by atoms with E-state index in [1.807, 2.05) is 0 Å². The van der Waals surface area contributed by atoms with Crippen molar-refractivity contribution in [2.24, 2.45) is 0 Å². The van der Waals surface area contributed by atoms with Crippen molar-refractivity contribution in [1.82, 2.24) is 9.55 Å². The minimum atomic E-state index is -0.293. The van der Waals surface area contributed by atoms with Crippen LogP contribution in [0, 0.1) is 5.81 Å². The van der Waals surface area contributed by atoms with E-state index in [4.69, 9.17) is 0 Å². The predicted molar refractivity (Wildman–Crippen MR) is 45.9 cm³/mol. The van der Waals surface area contributed by atoms with Crippen LogP contribution in [-0.4, -0.2) is 16.2 Å². The Labute approximate surface area is 75.5 Å². The Balaban J connectivity index is 2.53. The quantitative estimate of drug-likeness (QED) is 0.523. The standard InChI is InChI=1S/C7H7N2O3P/c10-7-1-2-8-5-9(7)3-4-12-6-13-11/h1-2,5H,3-4H2. The molecule has 0 fully saturated rings. The normalized spacial score (nSPS) is 9.23. The molecule has 0 aliphatic heterocycles. The molecule has 5 nitrogen and oxygen atoms in total. The Morgan fingerprint density at radius 2 is 2.54 bits per heavy atom. The molecular formula is C7H7N2O3P. The summed E-state index contributed by atoms with van der Waals surface area (Å²) < 4.78 is 15.9. The molecule has 0 saturated carbocycles. The van der Waals surface area contributed by atoms with Gasteiger partial charge in [0.1, 0.15) is 0 Å².